The van der Waals surface area contributed by atoms with Crippen LogP contribution in [-0.2, 0) is 9.59 Å². The van der Waals surface area contributed by atoms with Crippen LogP contribution >= 0.6 is 0 Å². The Morgan fingerprint density at radius 2 is 1.67 bits per heavy atom. The minimum absolute atomic E-state index is 0.00691. The van der Waals surface area contributed by atoms with Crippen LogP contribution in [-0.4, -0.2) is 56.2 Å². The van der Waals surface area contributed by atoms with E-state index in [1.807, 2.05) is 23.1 Å². The number of rotatable bonds is 8. The molecule has 12 heteroatoms. The molecule has 3 aliphatic rings. The van der Waals surface area contributed by atoms with E-state index >= 15 is 0 Å². The minimum Gasteiger partial charge on any atom is -0.481 e. The van der Waals surface area contributed by atoms with Gasteiger partial charge in [-0.25, -0.2) is 9.97 Å². The van der Waals surface area contributed by atoms with Crippen LogP contribution < -0.4 is 9.64 Å². The van der Waals surface area contributed by atoms with Gasteiger partial charge in [-0.3, -0.25) is 14.4 Å². The highest BCUT2D eigenvalue weighted by atomic mass is 19.4. The quantitative estimate of drug-likeness (QED) is 0.352. The molecule has 3 atom stereocenters. The number of carboxylic acid groups (broad SMARTS) is 1. The van der Waals surface area contributed by atoms with Gasteiger partial charge in [-0.15, -0.1) is 13.2 Å². The smallest absolute Gasteiger partial charge is 0.481 e. The molecule has 0 bridgehead atoms. The Morgan fingerprint density at radius 1 is 0.953 bits per heavy atom. The molecule has 1 N–H and O–H groups in total. The molecule has 1 aliphatic heterocycles. The SMILES string of the molecule is O=C(O)CCC(=O)N(C1CC1)C1c2cc(-c3cncnc3)ccc2N(C(=O)c2ccc(OC(F)(F)F)cc2)C2CCCC21. The number of halogens is 3. The summed E-state index contributed by atoms with van der Waals surface area (Å²) in [6.07, 6.45) is 3.46. The summed E-state index contributed by atoms with van der Waals surface area (Å²) in [7, 11) is 0. The van der Waals surface area contributed by atoms with E-state index in [9.17, 15) is 32.7 Å². The van der Waals surface area contributed by atoms with E-state index in [0.29, 0.717) is 12.1 Å². The summed E-state index contributed by atoms with van der Waals surface area (Å²) in [5.41, 5.74) is 3.15. The monoisotopic (exact) mass is 594 g/mol. The lowest BCUT2D eigenvalue weighted by atomic mass is 9.80. The summed E-state index contributed by atoms with van der Waals surface area (Å²) in [5.74, 6) is -2.15. The predicted octanol–water partition coefficient (Wildman–Crippen LogP) is 5.77. The second-order valence-corrected chi connectivity index (χ2v) is 11.2. The Kier molecular flexibility index (Phi) is 7.53. The Morgan fingerprint density at radius 3 is 2.33 bits per heavy atom. The van der Waals surface area contributed by atoms with Gasteiger partial charge < -0.3 is 19.6 Å². The topological polar surface area (TPSA) is 113 Å². The Bertz CT molecular complexity index is 1530. The number of hydrogen-bond donors (Lipinski definition) is 1. The molecule has 2 amide bonds. The number of carbonyl (C=O) groups is 3. The third kappa shape index (κ3) is 5.91. The number of fused-ring (bicyclic) bond motifs is 2. The molecule has 2 aromatic carbocycles. The van der Waals surface area contributed by atoms with E-state index in [2.05, 4.69) is 14.7 Å². The van der Waals surface area contributed by atoms with Gasteiger partial charge in [-0.1, -0.05) is 12.5 Å². The third-order valence-corrected chi connectivity index (χ3v) is 8.40. The largest absolute Gasteiger partial charge is 0.573 e. The summed E-state index contributed by atoms with van der Waals surface area (Å²) in [5, 5.41) is 9.27. The molecule has 43 heavy (non-hydrogen) atoms. The molecule has 2 saturated carbocycles. The minimum atomic E-state index is -4.85. The fourth-order valence-corrected chi connectivity index (χ4v) is 6.54. The first-order valence-corrected chi connectivity index (χ1v) is 14.2. The molecule has 3 unspecified atom stereocenters. The average Bonchev–Trinajstić information content (AvgIpc) is 3.70. The van der Waals surface area contributed by atoms with Crippen LogP contribution in [0.1, 0.15) is 66.9 Å². The van der Waals surface area contributed by atoms with Gasteiger partial charge in [0.15, 0.2) is 0 Å². The fourth-order valence-electron chi connectivity index (χ4n) is 6.54. The lowest BCUT2D eigenvalue weighted by Crippen LogP contribution is -2.53. The maximum atomic E-state index is 14.1. The summed E-state index contributed by atoms with van der Waals surface area (Å²) in [4.78, 5) is 50.9. The van der Waals surface area contributed by atoms with Gasteiger partial charge in [-0.05, 0) is 73.2 Å². The van der Waals surface area contributed by atoms with E-state index in [4.69, 9.17) is 0 Å². The van der Waals surface area contributed by atoms with Crippen molar-refractivity contribution in [3.63, 3.8) is 0 Å². The number of alkyl halides is 3. The second kappa shape index (κ2) is 11.3. The van der Waals surface area contributed by atoms with Gasteiger partial charge in [-0.2, -0.15) is 0 Å². The van der Waals surface area contributed by atoms with Gasteiger partial charge >= 0.3 is 12.3 Å². The molecule has 0 radical (unpaired) electrons. The van der Waals surface area contributed by atoms with Gasteiger partial charge in [0.1, 0.15) is 12.1 Å². The van der Waals surface area contributed by atoms with E-state index in [-0.39, 0.29) is 54.3 Å². The molecule has 224 valence electrons. The zero-order valence-electron chi connectivity index (χ0n) is 23.0. The van der Waals surface area contributed by atoms with E-state index in [0.717, 1.165) is 54.5 Å². The fraction of sp³-hybridized carbons (Fsp3) is 0.387. The van der Waals surface area contributed by atoms with Crippen molar-refractivity contribution in [2.24, 2.45) is 5.92 Å². The molecule has 2 aliphatic carbocycles. The molecule has 9 nitrogen and oxygen atoms in total. The van der Waals surface area contributed by atoms with E-state index in [1.54, 1.807) is 17.3 Å². The standard InChI is InChI=1S/C31H29F3N4O5/c32-31(33,34)43-22-9-4-18(5-10-22)30(42)38-25-3-1-2-23(25)29(37(21-7-8-21)27(39)12-13-28(40)41)24-14-19(6-11-26(24)38)20-15-35-17-36-16-20/h4-6,9-11,14-17,21,23,25,29H,1-3,7-8,12-13H2,(H,40,41). The molecule has 2 heterocycles. The van der Waals surface area contributed by atoms with Crippen LogP contribution in [0.5, 0.6) is 5.75 Å². The first kappa shape index (κ1) is 28.6. The number of aliphatic carboxylic acids is 1. The molecule has 0 saturated heterocycles. The summed E-state index contributed by atoms with van der Waals surface area (Å²) in [6.45, 7) is 0. The van der Waals surface area contributed by atoms with Crippen molar-refractivity contribution in [2.45, 2.75) is 69.4 Å². The zero-order chi connectivity index (χ0) is 30.3. The van der Waals surface area contributed by atoms with E-state index < -0.39 is 18.1 Å². The summed E-state index contributed by atoms with van der Waals surface area (Å²) >= 11 is 0. The lowest BCUT2D eigenvalue weighted by Gasteiger charge is -2.48. The number of benzene rings is 2. The van der Waals surface area contributed by atoms with Gasteiger partial charge in [0.05, 0.1) is 12.5 Å². The molecule has 0 spiro atoms. The lowest BCUT2D eigenvalue weighted by molar-refractivity contribution is -0.274. The van der Waals surface area contributed by atoms with Crippen LogP contribution in [0, 0.1) is 5.92 Å². The van der Waals surface area contributed by atoms with Gasteiger partial charge in [0.2, 0.25) is 5.91 Å². The molecule has 1 aromatic heterocycles. The number of aromatic nitrogens is 2. The normalized spacial score (nSPS) is 21.1. The first-order chi connectivity index (χ1) is 20.6. The van der Waals surface area contributed by atoms with E-state index in [1.165, 1.54) is 18.5 Å². The molecule has 6 rings (SSSR count). The number of carbonyl (C=O) groups excluding carboxylic acids is 2. The summed E-state index contributed by atoms with van der Waals surface area (Å²) in [6, 6.07) is 9.90. The van der Waals surface area contributed by atoms with Crippen molar-refractivity contribution in [1.82, 2.24) is 14.9 Å². The number of carboxylic acids is 1. The van der Waals surface area contributed by atoms with Crippen molar-refractivity contribution in [3.8, 4) is 16.9 Å². The second-order valence-electron chi connectivity index (χ2n) is 11.2. The predicted molar refractivity (Wildman–Crippen MR) is 148 cm³/mol. The first-order valence-electron chi connectivity index (χ1n) is 14.2. The number of anilines is 1. The Labute approximate surface area is 245 Å². The highest BCUT2D eigenvalue weighted by molar-refractivity contribution is 6.07. The number of nitrogens with zero attached hydrogens (tertiary/aromatic N) is 4. The zero-order valence-corrected chi connectivity index (χ0v) is 23.0. The number of hydrogen-bond acceptors (Lipinski definition) is 6. The van der Waals surface area contributed by atoms with Crippen molar-refractivity contribution >= 4 is 23.5 Å². The Balaban J connectivity index is 1.44. The number of amides is 2. The van der Waals surface area contributed by atoms with Crippen LogP contribution in [0.25, 0.3) is 11.1 Å². The Hall–Kier alpha value is -4.48. The van der Waals surface area contributed by atoms with Gasteiger partial charge in [0.25, 0.3) is 5.91 Å². The maximum absolute atomic E-state index is 14.1. The van der Waals surface area contributed by atoms with Crippen LogP contribution in [0.2, 0.25) is 0 Å². The van der Waals surface area contributed by atoms with Crippen molar-refractivity contribution in [3.05, 3.63) is 72.3 Å². The average molecular weight is 595 g/mol. The van der Waals surface area contributed by atoms with Crippen LogP contribution in [0.4, 0.5) is 18.9 Å². The highest BCUT2D eigenvalue weighted by Crippen LogP contribution is 2.53. The van der Waals surface area contributed by atoms with Crippen molar-refractivity contribution in [1.29, 1.82) is 0 Å². The maximum Gasteiger partial charge on any atom is 0.573 e. The van der Waals surface area contributed by atoms with Crippen molar-refractivity contribution in [2.75, 3.05) is 4.90 Å². The number of ether oxygens (including phenoxy) is 1. The molecule has 2 fully saturated rings. The summed E-state index contributed by atoms with van der Waals surface area (Å²) < 4.78 is 42.1. The van der Waals surface area contributed by atoms with Crippen molar-refractivity contribution < 1.29 is 37.4 Å². The van der Waals surface area contributed by atoms with Gasteiger partial charge in [0, 0.05) is 53.6 Å². The highest BCUT2D eigenvalue weighted by Gasteiger charge is 2.51. The van der Waals surface area contributed by atoms with Crippen LogP contribution in [0.3, 0.4) is 0 Å². The molecule has 3 aromatic rings. The third-order valence-electron chi connectivity index (χ3n) is 8.40. The molecular formula is C31H29F3N4O5. The molecular weight excluding hydrogens is 565 g/mol. The van der Waals surface area contributed by atoms with Crippen LogP contribution in [0.15, 0.2) is 61.2 Å².